The van der Waals surface area contributed by atoms with Gasteiger partial charge in [0.2, 0.25) is 11.8 Å². The molecule has 3 N–H and O–H groups in total. The molecule has 232 valence electrons. The van der Waals surface area contributed by atoms with Crippen LogP contribution in [0.3, 0.4) is 0 Å². The summed E-state index contributed by atoms with van der Waals surface area (Å²) >= 11 is 1.03. The summed E-state index contributed by atoms with van der Waals surface area (Å²) in [5.41, 5.74) is -5.22. The Labute approximate surface area is 254 Å². The van der Waals surface area contributed by atoms with Gasteiger partial charge in [-0.1, -0.05) is 6.07 Å². The number of amides is 3. The molecular formula is C29H30F2N5O6PS. The average Bonchev–Trinajstić information content (AvgIpc) is 3.33. The van der Waals surface area contributed by atoms with Crippen LogP contribution in [0.1, 0.15) is 59.1 Å². The van der Waals surface area contributed by atoms with Gasteiger partial charge in [-0.05, 0) is 73.6 Å². The van der Waals surface area contributed by atoms with Crippen LogP contribution in [0.25, 0.3) is 10.1 Å². The van der Waals surface area contributed by atoms with Crippen LogP contribution in [0, 0.1) is 11.8 Å². The molecule has 3 aromatic rings. The lowest BCUT2D eigenvalue weighted by atomic mass is 9.97. The maximum atomic E-state index is 14.3. The van der Waals surface area contributed by atoms with Crippen molar-refractivity contribution in [1.29, 1.82) is 0 Å². The zero-order valence-corrected chi connectivity index (χ0v) is 25.1. The largest absolute Gasteiger partial charge is 0.399 e. The molecule has 0 spiro atoms. The molecule has 7 rings (SSSR count). The molecule has 15 heteroatoms. The van der Waals surface area contributed by atoms with Gasteiger partial charge in [-0.25, -0.2) is 9.97 Å². The Morgan fingerprint density at radius 2 is 1.77 bits per heavy atom. The molecule has 4 fully saturated rings. The number of thiophene rings is 1. The van der Waals surface area contributed by atoms with Crippen molar-refractivity contribution in [1.82, 2.24) is 25.1 Å². The van der Waals surface area contributed by atoms with Gasteiger partial charge in [-0.2, -0.15) is 8.78 Å². The first-order valence-electron chi connectivity index (χ1n) is 14.6. The van der Waals surface area contributed by atoms with E-state index in [1.807, 2.05) is 0 Å². The highest BCUT2D eigenvalue weighted by atomic mass is 32.1. The predicted molar refractivity (Wildman–Crippen MR) is 155 cm³/mol. The molecule has 1 aliphatic carbocycles. The molecule has 4 aliphatic rings. The standard InChI is InChI=1S/C29H30F2N5O6PS/c30-29(31,43(40,41)42)19-2-5-23-17(9-19)12-24(44-23)26(37)34-21-11-16-8-15(16)10-20-3-4-22(36(20)27(21)38)28(39)35-13-18(14-35)25-32-6-1-7-33-25/h1-2,5-7,9,12,15-16,18,20-22H,3-4,8,10-11,13-14H2,(H,34,37)(H2,40,41,42)/t15-,16+,20+,21-,22-/m0/s1. The predicted octanol–water partition coefficient (Wildman–Crippen LogP) is 3.43. The lowest BCUT2D eigenvalue weighted by molar-refractivity contribution is -0.149. The van der Waals surface area contributed by atoms with Gasteiger partial charge in [0.05, 0.1) is 10.8 Å². The first kappa shape index (κ1) is 29.4. The third-order valence-corrected chi connectivity index (χ3v) is 11.5. The molecule has 0 radical (unpaired) electrons. The normalized spacial score (nSPS) is 27.3. The van der Waals surface area contributed by atoms with E-state index in [-0.39, 0.29) is 34.0 Å². The third kappa shape index (κ3) is 5.11. The van der Waals surface area contributed by atoms with Gasteiger partial charge < -0.3 is 24.9 Å². The number of alkyl halides is 2. The molecule has 3 saturated heterocycles. The van der Waals surface area contributed by atoms with Crippen molar-refractivity contribution in [3.05, 3.63) is 59.0 Å². The Morgan fingerprint density at radius 3 is 2.50 bits per heavy atom. The summed E-state index contributed by atoms with van der Waals surface area (Å²) in [4.78, 5) is 71.4. The quantitative estimate of drug-likeness (QED) is 0.345. The summed E-state index contributed by atoms with van der Waals surface area (Å²) in [6.45, 7) is 0.981. The van der Waals surface area contributed by atoms with Crippen LogP contribution in [-0.4, -0.2) is 78.5 Å². The van der Waals surface area contributed by atoms with Crippen LogP contribution in [-0.2, 0) is 19.8 Å². The second-order valence-electron chi connectivity index (χ2n) is 12.2. The second kappa shape index (κ2) is 10.6. The molecule has 1 aromatic carbocycles. The van der Waals surface area contributed by atoms with Crippen LogP contribution in [0.2, 0.25) is 0 Å². The van der Waals surface area contributed by atoms with E-state index in [9.17, 15) is 27.7 Å². The molecule has 5 heterocycles. The Morgan fingerprint density at radius 1 is 1.05 bits per heavy atom. The number of carbonyl (C=O) groups excluding carboxylic acids is 3. The molecule has 44 heavy (non-hydrogen) atoms. The molecule has 0 unspecified atom stereocenters. The number of aromatic nitrogens is 2. The number of nitrogens with one attached hydrogen (secondary N) is 1. The van der Waals surface area contributed by atoms with Crippen LogP contribution in [0.15, 0.2) is 42.7 Å². The lowest BCUT2D eigenvalue weighted by Crippen LogP contribution is -2.59. The van der Waals surface area contributed by atoms with Crippen molar-refractivity contribution in [3.63, 3.8) is 0 Å². The molecule has 3 amide bonds. The van der Waals surface area contributed by atoms with Gasteiger partial charge in [-0.15, -0.1) is 11.3 Å². The minimum Gasteiger partial charge on any atom is -0.340 e. The first-order valence-corrected chi connectivity index (χ1v) is 17.0. The number of halogens is 2. The van der Waals surface area contributed by atoms with Crippen LogP contribution < -0.4 is 5.32 Å². The van der Waals surface area contributed by atoms with E-state index in [1.54, 1.807) is 28.3 Å². The first-order chi connectivity index (χ1) is 20.9. The van der Waals surface area contributed by atoms with E-state index < -0.39 is 36.8 Å². The van der Waals surface area contributed by atoms with E-state index in [1.165, 1.54) is 12.1 Å². The van der Waals surface area contributed by atoms with E-state index in [4.69, 9.17) is 9.79 Å². The summed E-state index contributed by atoms with van der Waals surface area (Å²) in [5, 5.41) is 3.10. The van der Waals surface area contributed by atoms with E-state index in [0.29, 0.717) is 48.3 Å². The Kier molecular flexibility index (Phi) is 7.11. The highest BCUT2D eigenvalue weighted by Crippen LogP contribution is 2.59. The molecule has 2 aromatic heterocycles. The SMILES string of the molecule is O=C(N[C@H]1C[C@H]2C[C@H]2C[C@H]2CC[C@@H](C(=O)N3CC(c4ncccn4)C3)N2C1=O)c1cc2cc(C(F)(F)P(=O)(O)O)ccc2s1. The van der Waals surface area contributed by atoms with Gasteiger partial charge >= 0.3 is 13.3 Å². The molecule has 5 atom stereocenters. The summed E-state index contributed by atoms with van der Waals surface area (Å²) < 4.78 is 40.4. The van der Waals surface area contributed by atoms with E-state index in [2.05, 4.69) is 15.3 Å². The second-order valence-corrected chi connectivity index (χ2v) is 15.0. The Balaban J connectivity index is 1.08. The topological polar surface area (TPSA) is 153 Å². The van der Waals surface area contributed by atoms with Crippen molar-refractivity contribution < 1.29 is 37.5 Å². The van der Waals surface area contributed by atoms with E-state index >= 15 is 0 Å². The molecular weight excluding hydrogens is 615 g/mol. The molecule has 0 bridgehead atoms. The zero-order valence-electron chi connectivity index (χ0n) is 23.4. The summed E-state index contributed by atoms with van der Waals surface area (Å²) in [6, 6.07) is 4.80. The molecule has 3 aliphatic heterocycles. The van der Waals surface area contributed by atoms with Crippen molar-refractivity contribution in [3.8, 4) is 0 Å². The number of benzene rings is 1. The fraction of sp³-hybridized carbons (Fsp3) is 0.483. The van der Waals surface area contributed by atoms with Crippen molar-refractivity contribution in [2.75, 3.05) is 13.1 Å². The highest BCUT2D eigenvalue weighted by Gasteiger charge is 2.53. The number of hydrogen-bond donors (Lipinski definition) is 3. The fourth-order valence-electron chi connectivity index (χ4n) is 6.93. The number of carbonyl (C=O) groups is 3. The number of fused-ring (bicyclic) bond motifs is 3. The third-order valence-electron chi connectivity index (χ3n) is 9.43. The summed E-state index contributed by atoms with van der Waals surface area (Å²) in [5.74, 6) is 0.571. The minimum atomic E-state index is -5.75. The zero-order chi connectivity index (χ0) is 31.0. The number of rotatable bonds is 6. The van der Waals surface area contributed by atoms with Crippen LogP contribution in [0.4, 0.5) is 8.78 Å². The summed E-state index contributed by atoms with van der Waals surface area (Å²) in [6.07, 6.45) is 6.91. The van der Waals surface area contributed by atoms with Crippen LogP contribution >= 0.6 is 18.9 Å². The molecule has 11 nitrogen and oxygen atoms in total. The Bertz CT molecular complexity index is 1700. The molecule has 1 saturated carbocycles. The van der Waals surface area contributed by atoms with Crippen molar-refractivity contribution in [2.45, 2.75) is 61.8 Å². The Hall–Kier alpha value is -3.32. The van der Waals surface area contributed by atoms with Crippen LogP contribution in [0.5, 0.6) is 0 Å². The van der Waals surface area contributed by atoms with Gasteiger partial charge in [0, 0.05) is 41.8 Å². The van der Waals surface area contributed by atoms with Gasteiger partial charge in [-0.3, -0.25) is 18.9 Å². The number of hydrogen-bond acceptors (Lipinski definition) is 7. The summed E-state index contributed by atoms with van der Waals surface area (Å²) in [7, 11) is -5.75. The van der Waals surface area contributed by atoms with Crippen molar-refractivity contribution in [2.24, 2.45) is 11.8 Å². The van der Waals surface area contributed by atoms with Gasteiger partial charge in [0.25, 0.3) is 5.91 Å². The maximum Gasteiger partial charge on any atom is 0.399 e. The number of likely N-dealkylation sites (tertiary alicyclic amines) is 1. The number of nitrogens with zero attached hydrogens (tertiary/aromatic N) is 4. The highest BCUT2D eigenvalue weighted by molar-refractivity contribution is 7.52. The monoisotopic (exact) mass is 645 g/mol. The minimum absolute atomic E-state index is 0.0556. The van der Waals surface area contributed by atoms with Gasteiger partial charge in [0.1, 0.15) is 17.9 Å². The lowest BCUT2D eigenvalue weighted by Gasteiger charge is -2.42. The maximum absolute atomic E-state index is 14.3. The van der Waals surface area contributed by atoms with E-state index in [0.717, 1.165) is 42.7 Å². The smallest absolute Gasteiger partial charge is 0.340 e. The van der Waals surface area contributed by atoms with Crippen molar-refractivity contribution >= 4 is 46.7 Å². The van der Waals surface area contributed by atoms with Gasteiger partial charge in [0.15, 0.2) is 0 Å². The fourth-order valence-corrected chi connectivity index (χ4v) is 8.35. The average molecular weight is 646 g/mol.